The maximum atomic E-state index is 12.5. The fourth-order valence-electron chi connectivity index (χ4n) is 2.14. The fraction of sp³-hybridized carbons (Fsp3) is 0.600. The van der Waals surface area contributed by atoms with Crippen LogP contribution in [0.2, 0.25) is 0 Å². The highest BCUT2D eigenvalue weighted by molar-refractivity contribution is 5.46. The summed E-state index contributed by atoms with van der Waals surface area (Å²) >= 11 is 0. The van der Waals surface area contributed by atoms with E-state index >= 15 is 0 Å². The molecule has 1 aromatic carbocycles. The Morgan fingerprint density at radius 2 is 2.00 bits per heavy atom. The molecule has 0 bridgehead atoms. The fourth-order valence-corrected chi connectivity index (χ4v) is 2.14. The van der Waals surface area contributed by atoms with E-state index in [9.17, 15) is 8.78 Å². The van der Waals surface area contributed by atoms with Gasteiger partial charge in [-0.3, -0.25) is 0 Å². The largest absolute Gasteiger partial charge is 0.493 e. The number of aliphatic hydroxyl groups excluding tert-OH is 1. The first-order valence-electron chi connectivity index (χ1n) is 6.94. The molecule has 120 valence electrons. The molecule has 1 rings (SSSR count). The van der Waals surface area contributed by atoms with Crippen LogP contribution >= 0.6 is 0 Å². The normalized spacial score (nSPS) is 12.8. The zero-order chi connectivity index (χ0) is 15.8. The van der Waals surface area contributed by atoms with Crippen LogP contribution in [0.15, 0.2) is 18.2 Å². The third kappa shape index (κ3) is 5.47. The Bertz CT molecular complexity index is 427. The van der Waals surface area contributed by atoms with Gasteiger partial charge in [-0.05, 0) is 18.4 Å². The van der Waals surface area contributed by atoms with Crippen molar-refractivity contribution in [2.45, 2.75) is 39.5 Å². The molecule has 0 aliphatic rings. The first-order valence-corrected chi connectivity index (χ1v) is 6.94. The van der Waals surface area contributed by atoms with Gasteiger partial charge in [0.25, 0.3) is 0 Å². The lowest BCUT2D eigenvalue weighted by Gasteiger charge is -2.22. The van der Waals surface area contributed by atoms with Crippen molar-refractivity contribution in [1.29, 1.82) is 0 Å². The summed E-state index contributed by atoms with van der Waals surface area (Å²) in [6.07, 6.45) is 0.604. The van der Waals surface area contributed by atoms with Gasteiger partial charge in [-0.2, -0.15) is 8.78 Å². The van der Waals surface area contributed by atoms with E-state index in [-0.39, 0.29) is 24.1 Å². The first kappa shape index (κ1) is 17.7. The minimum absolute atomic E-state index is 0.0500. The smallest absolute Gasteiger partial charge is 0.387 e. The molecule has 0 spiro atoms. The van der Waals surface area contributed by atoms with E-state index in [2.05, 4.69) is 10.1 Å². The van der Waals surface area contributed by atoms with E-state index in [1.165, 1.54) is 7.11 Å². The van der Waals surface area contributed by atoms with Crippen molar-refractivity contribution >= 4 is 0 Å². The highest BCUT2D eigenvalue weighted by Crippen LogP contribution is 2.32. The highest BCUT2D eigenvalue weighted by atomic mass is 19.3. The van der Waals surface area contributed by atoms with Gasteiger partial charge in [-0.1, -0.05) is 26.0 Å². The van der Waals surface area contributed by atoms with E-state index in [1.54, 1.807) is 18.2 Å². The molecule has 6 heteroatoms. The summed E-state index contributed by atoms with van der Waals surface area (Å²) in [5, 5.41) is 12.3. The average Bonchev–Trinajstić information content (AvgIpc) is 2.43. The van der Waals surface area contributed by atoms with E-state index in [0.29, 0.717) is 24.4 Å². The van der Waals surface area contributed by atoms with Crippen LogP contribution in [0.25, 0.3) is 0 Å². The van der Waals surface area contributed by atoms with Crippen LogP contribution in [-0.4, -0.2) is 31.5 Å². The lowest BCUT2D eigenvalue weighted by molar-refractivity contribution is -0.0519. The molecule has 0 amide bonds. The Labute approximate surface area is 124 Å². The SMILES string of the molecule is COc1cccc(CNC(CCO)C(C)C)c1OC(F)F. The van der Waals surface area contributed by atoms with Gasteiger partial charge < -0.3 is 19.9 Å². The Balaban J connectivity index is 2.86. The van der Waals surface area contributed by atoms with Gasteiger partial charge in [-0.25, -0.2) is 0 Å². The third-order valence-electron chi connectivity index (χ3n) is 3.29. The predicted octanol–water partition coefficient (Wildman–Crippen LogP) is 2.79. The van der Waals surface area contributed by atoms with Crippen molar-refractivity contribution in [1.82, 2.24) is 5.32 Å². The van der Waals surface area contributed by atoms with Gasteiger partial charge in [0, 0.05) is 24.8 Å². The van der Waals surface area contributed by atoms with Crippen molar-refractivity contribution < 1.29 is 23.4 Å². The summed E-state index contributed by atoms with van der Waals surface area (Å²) in [5.41, 5.74) is 0.596. The summed E-state index contributed by atoms with van der Waals surface area (Å²) in [6, 6.07) is 5.11. The molecule has 4 nitrogen and oxygen atoms in total. The predicted molar refractivity (Wildman–Crippen MR) is 76.8 cm³/mol. The van der Waals surface area contributed by atoms with E-state index in [1.807, 2.05) is 13.8 Å². The molecule has 0 saturated carbocycles. The standard InChI is InChI=1S/C15H23F2NO3/c1-10(2)12(7-8-19)18-9-11-5-4-6-13(20-3)14(11)21-15(16)17/h4-6,10,12,15,18-19H,7-9H2,1-3H3. The Kier molecular flexibility index (Phi) is 7.39. The monoisotopic (exact) mass is 303 g/mol. The highest BCUT2D eigenvalue weighted by Gasteiger charge is 2.17. The second kappa shape index (κ2) is 8.79. The molecule has 0 aliphatic carbocycles. The molecule has 1 atom stereocenters. The molecule has 0 aromatic heterocycles. The minimum atomic E-state index is -2.90. The molecule has 1 aromatic rings. The quantitative estimate of drug-likeness (QED) is 0.736. The minimum Gasteiger partial charge on any atom is -0.493 e. The Morgan fingerprint density at radius 1 is 1.29 bits per heavy atom. The van der Waals surface area contributed by atoms with Gasteiger partial charge >= 0.3 is 6.61 Å². The second-order valence-electron chi connectivity index (χ2n) is 5.07. The number of methoxy groups -OCH3 is 1. The lowest BCUT2D eigenvalue weighted by Crippen LogP contribution is -2.34. The van der Waals surface area contributed by atoms with Crippen molar-refractivity contribution in [3.05, 3.63) is 23.8 Å². The molecule has 0 heterocycles. The molecular weight excluding hydrogens is 280 g/mol. The summed E-state index contributed by atoms with van der Waals surface area (Å²) in [6.45, 7) is 1.61. The van der Waals surface area contributed by atoms with Crippen LogP contribution in [-0.2, 0) is 6.54 Å². The molecule has 0 aliphatic heterocycles. The van der Waals surface area contributed by atoms with Crippen molar-refractivity contribution in [2.75, 3.05) is 13.7 Å². The molecule has 21 heavy (non-hydrogen) atoms. The molecule has 0 radical (unpaired) electrons. The van der Waals surface area contributed by atoms with Crippen LogP contribution in [0.4, 0.5) is 8.78 Å². The number of hydrogen-bond acceptors (Lipinski definition) is 4. The van der Waals surface area contributed by atoms with Crippen molar-refractivity contribution in [2.24, 2.45) is 5.92 Å². The number of rotatable bonds is 9. The summed E-state index contributed by atoms with van der Waals surface area (Å²) in [5.74, 6) is 0.647. The first-order chi connectivity index (χ1) is 9.99. The van der Waals surface area contributed by atoms with E-state index < -0.39 is 6.61 Å². The zero-order valence-corrected chi connectivity index (χ0v) is 12.6. The van der Waals surface area contributed by atoms with Crippen LogP contribution < -0.4 is 14.8 Å². The second-order valence-corrected chi connectivity index (χ2v) is 5.07. The number of halogens is 2. The van der Waals surface area contributed by atoms with Crippen molar-refractivity contribution in [3.8, 4) is 11.5 Å². The number of ether oxygens (including phenoxy) is 2. The Hall–Kier alpha value is -1.40. The van der Waals surface area contributed by atoms with Crippen LogP contribution in [0.5, 0.6) is 11.5 Å². The summed E-state index contributed by atoms with van der Waals surface area (Å²) in [4.78, 5) is 0. The van der Waals surface area contributed by atoms with E-state index in [0.717, 1.165) is 0 Å². The maximum absolute atomic E-state index is 12.5. The van der Waals surface area contributed by atoms with E-state index in [4.69, 9.17) is 9.84 Å². The van der Waals surface area contributed by atoms with Gasteiger partial charge in [0.1, 0.15) is 0 Å². The van der Waals surface area contributed by atoms with Crippen molar-refractivity contribution in [3.63, 3.8) is 0 Å². The van der Waals surface area contributed by atoms with Crippen LogP contribution in [0, 0.1) is 5.92 Å². The lowest BCUT2D eigenvalue weighted by atomic mass is 10.0. The molecule has 0 saturated heterocycles. The number of alkyl halides is 2. The van der Waals surface area contributed by atoms with Gasteiger partial charge in [0.15, 0.2) is 11.5 Å². The summed E-state index contributed by atoms with van der Waals surface area (Å²) < 4.78 is 34.7. The topological polar surface area (TPSA) is 50.7 Å². The number of para-hydroxylation sites is 1. The number of hydrogen-bond donors (Lipinski definition) is 2. The average molecular weight is 303 g/mol. The number of benzene rings is 1. The van der Waals surface area contributed by atoms with Gasteiger partial charge in [-0.15, -0.1) is 0 Å². The Morgan fingerprint density at radius 3 is 2.52 bits per heavy atom. The molecule has 2 N–H and O–H groups in total. The molecule has 1 unspecified atom stereocenters. The third-order valence-corrected chi connectivity index (χ3v) is 3.29. The molecule has 0 fully saturated rings. The van der Waals surface area contributed by atoms with Gasteiger partial charge in [0.2, 0.25) is 0 Å². The van der Waals surface area contributed by atoms with Crippen LogP contribution in [0.3, 0.4) is 0 Å². The van der Waals surface area contributed by atoms with Crippen LogP contribution in [0.1, 0.15) is 25.8 Å². The number of nitrogens with one attached hydrogen (secondary N) is 1. The molecular formula is C15H23F2NO3. The van der Waals surface area contributed by atoms with Gasteiger partial charge in [0.05, 0.1) is 7.11 Å². The number of aliphatic hydroxyl groups is 1. The zero-order valence-electron chi connectivity index (χ0n) is 12.6. The summed E-state index contributed by atoms with van der Waals surface area (Å²) in [7, 11) is 1.41. The maximum Gasteiger partial charge on any atom is 0.387 e.